The van der Waals surface area contributed by atoms with Crippen LogP contribution in [0.5, 0.6) is 0 Å². The van der Waals surface area contributed by atoms with Gasteiger partial charge in [-0.3, -0.25) is 0 Å². The molecule has 18 heavy (non-hydrogen) atoms. The number of carbonyl (C=O) groups excluding carboxylic acids is 1. The molecule has 2 amide bonds. The minimum atomic E-state index is -1.98. The SMILES string of the molecule is Cc1ccccc1NC(=O)NCC(C)(O)C(=O)O. The molecule has 0 bridgehead atoms. The van der Waals surface area contributed by atoms with Gasteiger partial charge in [0, 0.05) is 5.69 Å². The highest BCUT2D eigenvalue weighted by Crippen LogP contribution is 2.12. The van der Waals surface area contributed by atoms with Crippen LogP contribution in [0.1, 0.15) is 12.5 Å². The molecule has 6 nitrogen and oxygen atoms in total. The Balaban J connectivity index is 2.54. The number of hydrogen-bond donors (Lipinski definition) is 4. The number of hydrogen-bond acceptors (Lipinski definition) is 3. The number of para-hydroxylation sites is 1. The monoisotopic (exact) mass is 252 g/mol. The molecule has 0 radical (unpaired) electrons. The fraction of sp³-hybridized carbons (Fsp3) is 0.333. The summed E-state index contributed by atoms with van der Waals surface area (Å²) in [5, 5.41) is 23.0. The normalized spacial score (nSPS) is 13.5. The number of aryl methyl sites for hydroxylation is 1. The molecule has 1 unspecified atom stereocenters. The average molecular weight is 252 g/mol. The van der Waals surface area contributed by atoms with E-state index in [2.05, 4.69) is 10.6 Å². The number of carboxylic acid groups (broad SMARTS) is 1. The third-order valence-corrected chi connectivity index (χ3v) is 2.45. The summed E-state index contributed by atoms with van der Waals surface area (Å²) < 4.78 is 0. The van der Waals surface area contributed by atoms with Crippen LogP contribution in [0.15, 0.2) is 24.3 Å². The Bertz CT molecular complexity index is 457. The summed E-state index contributed by atoms with van der Waals surface area (Å²) in [5.41, 5.74) is -0.467. The van der Waals surface area contributed by atoms with Gasteiger partial charge < -0.3 is 20.8 Å². The lowest BCUT2D eigenvalue weighted by atomic mass is 10.1. The Morgan fingerprint density at radius 3 is 2.50 bits per heavy atom. The van der Waals surface area contributed by atoms with Crippen molar-refractivity contribution in [1.29, 1.82) is 0 Å². The second-order valence-electron chi connectivity index (χ2n) is 4.20. The number of benzene rings is 1. The van der Waals surface area contributed by atoms with Gasteiger partial charge in [0.15, 0.2) is 5.60 Å². The number of carboxylic acids is 1. The third-order valence-electron chi connectivity index (χ3n) is 2.45. The van der Waals surface area contributed by atoms with Gasteiger partial charge in [-0.05, 0) is 25.5 Å². The molecule has 1 aromatic rings. The van der Waals surface area contributed by atoms with Gasteiger partial charge >= 0.3 is 12.0 Å². The number of rotatable bonds is 4. The molecule has 1 aromatic carbocycles. The lowest BCUT2D eigenvalue weighted by molar-refractivity contribution is -0.155. The van der Waals surface area contributed by atoms with Crippen molar-refractivity contribution in [2.45, 2.75) is 19.4 Å². The van der Waals surface area contributed by atoms with Crippen LogP contribution in [-0.4, -0.2) is 34.4 Å². The van der Waals surface area contributed by atoms with E-state index in [1.165, 1.54) is 0 Å². The van der Waals surface area contributed by atoms with Crippen LogP contribution in [0.2, 0.25) is 0 Å². The van der Waals surface area contributed by atoms with Gasteiger partial charge in [-0.25, -0.2) is 9.59 Å². The summed E-state index contributed by atoms with van der Waals surface area (Å²) >= 11 is 0. The standard InChI is InChI=1S/C12H16N2O4/c1-8-5-3-4-6-9(8)14-11(17)13-7-12(2,18)10(15)16/h3-6,18H,7H2,1-2H3,(H,15,16)(H2,13,14,17). The van der Waals surface area contributed by atoms with Crippen molar-refractivity contribution in [3.63, 3.8) is 0 Å². The second-order valence-corrected chi connectivity index (χ2v) is 4.20. The predicted molar refractivity (Wildman–Crippen MR) is 66.5 cm³/mol. The van der Waals surface area contributed by atoms with E-state index in [1.807, 2.05) is 19.1 Å². The van der Waals surface area contributed by atoms with Crippen LogP contribution in [0.4, 0.5) is 10.5 Å². The number of aliphatic carboxylic acids is 1. The molecule has 98 valence electrons. The van der Waals surface area contributed by atoms with E-state index in [-0.39, 0.29) is 6.54 Å². The summed E-state index contributed by atoms with van der Waals surface area (Å²) in [7, 11) is 0. The fourth-order valence-corrected chi connectivity index (χ4v) is 1.21. The van der Waals surface area contributed by atoms with Gasteiger partial charge in [-0.1, -0.05) is 18.2 Å². The van der Waals surface area contributed by atoms with Crippen LogP contribution in [0.3, 0.4) is 0 Å². The number of urea groups is 1. The zero-order valence-electron chi connectivity index (χ0n) is 10.2. The fourth-order valence-electron chi connectivity index (χ4n) is 1.21. The molecular formula is C12H16N2O4. The average Bonchev–Trinajstić information content (AvgIpc) is 2.29. The molecule has 0 aliphatic carbocycles. The maximum Gasteiger partial charge on any atom is 0.337 e. The predicted octanol–water partition coefficient (Wildman–Crippen LogP) is 0.952. The van der Waals surface area contributed by atoms with E-state index in [4.69, 9.17) is 5.11 Å². The van der Waals surface area contributed by atoms with E-state index < -0.39 is 17.6 Å². The molecule has 1 atom stereocenters. The Hall–Kier alpha value is -2.08. The highest BCUT2D eigenvalue weighted by Gasteiger charge is 2.30. The van der Waals surface area contributed by atoms with Gasteiger partial charge in [0.1, 0.15) is 0 Å². The Labute approximate surface area is 105 Å². The van der Waals surface area contributed by atoms with Gasteiger partial charge in [0.25, 0.3) is 0 Å². The Morgan fingerprint density at radius 1 is 1.33 bits per heavy atom. The van der Waals surface area contributed by atoms with Gasteiger partial charge in [-0.15, -0.1) is 0 Å². The Kier molecular flexibility index (Phi) is 4.28. The van der Waals surface area contributed by atoms with Gasteiger partial charge in [0.2, 0.25) is 0 Å². The number of aliphatic hydroxyl groups is 1. The molecule has 0 aliphatic rings. The molecule has 0 fully saturated rings. The van der Waals surface area contributed by atoms with E-state index in [0.717, 1.165) is 12.5 Å². The largest absolute Gasteiger partial charge is 0.479 e. The number of carbonyl (C=O) groups is 2. The zero-order valence-corrected chi connectivity index (χ0v) is 10.2. The van der Waals surface area contributed by atoms with Crippen molar-refractivity contribution in [1.82, 2.24) is 5.32 Å². The molecule has 0 saturated carbocycles. The van der Waals surface area contributed by atoms with E-state index in [1.54, 1.807) is 12.1 Å². The first kappa shape index (κ1) is 14.0. The minimum Gasteiger partial charge on any atom is -0.479 e. The molecule has 1 rings (SSSR count). The van der Waals surface area contributed by atoms with Crippen molar-refractivity contribution < 1.29 is 19.8 Å². The topological polar surface area (TPSA) is 98.7 Å². The van der Waals surface area contributed by atoms with Crippen LogP contribution in [0, 0.1) is 6.92 Å². The highest BCUT2D eigenvalue weighted by molar-refractivity contribution is 5.90. The first-order valence-electron chi connectivity index (χ1n) is 5.39. The smallest absolute Gasteiger partial charge is 0.337 e. The molecule has 0 heterocycles. The minimum absolute atomic E-state index is 0.375. The summed E-state index contributed by atoms with van der Waals surface area (Å²) in [6.07, 6.45) is 0. The van der Waals surface area contributed by atoms with Crippen LogP contribution in [-0.2, 0) is 4.79 Å². The second kappa shape index (κ2) is 5.50. The summed E-state index contributed by atoms with van der Waals surface area (Å²) in [6, 6.07) is 6.61. The molecule has 0 spiro atoms. The zero-order chi connectivity index (χ0) is 13.8. The Morgan fingerprint density at radius 2 is 1.94 bits per heavy atom. The third kappa shape index (κ3) is 3.74. The van der Waals surface area contributed by atoms with E-state index in [9.17, 15) is 14.7 Å². The van der Waals surface area contributed by atoms with Crippen LogP contribution in [0.25, 0.3) is 0 Å². The van der Waals surface area contributed by atoms with Crippen molar-refractivity contribution in [2.75, 3.05) is 11.9 Å². The maximum atomic E-state index is 11.5. The van der Waals surface area contributed by atoms with E-state index in [0.29, 0.717) is 5.69 Å². The maximum absolute atomic E-state index is 11.5. The first-order valence-corrected chi connectivity index (χ1v) is 5.39. The van der Waals surface area contributed by atoms with Gasteiger partial charge in [0.05, 0.1) is 6.54 Å². The number of anilines is 1. The number of amides is 2. The van der Waals surface area contributed by atoms with Crippen molar-refractivity contribution >= 4 is 17.7 Å². The lowest BCUT2D eigenvalue weighted by Crippen LogP contribution is -2.47. The van der Waals surface area contributed by atoms with Gasteiger partial charge in [-0.2, -0.15) is 0 Å². The van der Waals surface area contributed by atoms with Crippen molar-refractivity contribution in [2.24, 2.45) is 0 Å². The molecule has 0 aromatic heterocycles. The van der Waals surface area contributed by atoms with Crippen molar-refractivity contribution in [3.05, 3.63) is 29.8 Å². The van der Waals surface area contributed by atoms with E-state index >= 15 is 0 Å². The summed E-state index contributed by atoms with van der Waals surface area (Å²) in [4.78, 5) is 22.1. The van der Waals surface area contributed by atoms with Crippen LogP contribution >= 0.6 is 0 Å². The summed E-state index contributed by atoms with van der Waals surface area (Å²) in [6.45, 7) is 2.58. The van der Waals surface area contributed by atoms with Crippen LogP contribution < -0.4 is 10.6 Å². The molecule has 0 saturated heterocycles. The van der Waals surface area contributed by atoms with Crippen molar-refractivity contribution in [3.8, 4) is 0 Å². The highest BCUT2D eigenvalue weighted by atomic mass is 16.4. The molecule has 0 aliphatic heterocycles. The quantitative estimate of drug-likeness (QED) is 0.641. The molecular weight excluding hydrogens is 236 g/mol. The molecule has 4 N–H and O–H groups in total. The number of nitrogens with one attached hydrogen (secondary N) is 2. The lowest BCUT2D eigenvalue weighted by Gasteiger charge is -2.18. The first-order chi connectivity index (χ1) is 8.33. The molecule has 6 heteroatoms. The summed E-state index contributed by atoms with van der Waals surface area (Å²) in [5.74, 6) is -1.39.